The fourth-order valence-corrected chi connectivity index (χ4v) is 2.08. The van der Waals surface area contributed by atoms with Crippen molar-refractivity contribution < 1.29 is 9.21 Å². The van der Waals surface area contributed by atoms with Crippen LogP contribution in [-0.2, 0) is 0 Å². The zero-order valence-electron chi connectivity index (χ0n) is 11.5. The maximum Gasteiger partial charge on any atom is 0.269 e. The van der Waals surface area contributed by atoms with Gasteiger partial charge in [0, 0.05) is 5.56 Å². The predicted octanol–water partition coefficient (Wildman–Crippen LogP) is 3.16. The van der Waals surface area contributed by atoms with Crippen LogP contribution in [0, 0.1) is 0 Å². The highest BCUT2D eigenvalue weighted by molar-refractivity contribution is 5.93. The minimum atomic E-state index is -0.214. The van der Waals surface area contributed by atoms with Gasteiger partial charge in [0.15, 0.2) is 0 Å². The summed E-state index contributed by atoms with van der Waals surface area (Å²) in [5, 5.41) is 9.79. The smallest absolute Gasteiger partial charge is 0.269 e. The summed E-state index contributed by atoms with van der Waals surface area (Å²) in [6.07, 6.45) is 1.59. The SMILES string of the molecule is C[C@H](NC(=O)c1cc(-c2ccccc2)n[nH]1)c1ccco1. The Labute approximate surface area is 122 Å². The molecule has 5 heteroatoms. The van der Waals surface area contributed by atoms with Gasteiger partial charge in [-0.15, -0.1) is 0 Å². The van der Waals surface area contributed by atoms with Gasteiger partial charge < -0.3 is 9.73 Å². The molecule has 0 bridgehead atoms. The van der Waals surface area contributed by atoms with E-state index in [4.69, 9.17) is 4.42 Å². The quantitative estimate of drug-likeness (QED) is 0.771. The van der Waals surface area contributed by atoms with E-state index in [2.05, 4.69) is 15.5 Å². The van der Waals surface area contributed by atoms with Crippen LogP contribution >= 0.6 is 0 Å². The van der Waals surface area contributed by atoms with E-state index in [9.17, 15) is 4.79 Å². The van der Waals surface area contributed by atoms with Crippen LogP contribution in [0.4, 0.5) is 0 Å². The molecule has 3 rings (SSSR count). The first-order valence-corrected chi connectivity index (χ1v) is 6.69. The molecule has 1 amide bonds. The van der Waals surface area contributed by atoms with Gasteiger partial charge in [-0.05, 0) is 25.1 Å². The van der Waals surface area contributed by atoms with Crippen molar-refractivity contribution in [2.45, 2.75) is 13.0 Å². The highest BCUT2D eigenvalue weighted by Crippen LogP contribution is 2.18. The molecule has 2 aromatic heterocycles. The molecule has 0 saturated carbocycles. The third kappa shape index (κ3) is 2.86. The number of amides is 1. The number of aromatic amines is 1. The molecule has 0 unspecified atom stereocenters. The predicted molar refractivity (Wildman–Crippen MR) is 78.6 cm³/mol. The molecular formula is C16H15N3O2. The molecule has 1 atom stereocenters. The van der Waals surface area contributed by atoms with Crippen molar-refractivity contribution in [2.24, 2.45) is 0 Å². The van der Waals surface area contributed by atoms with Crippen molar-refractivity contribution in [2.75, 3.05) is 0 Å². The molecule has 5 nitrogen and oxygen atoms in total. The Hall–Kier alpha value is -2.82. The molecule has 0 aliphatic heterocycles. The number of carbonyl (C=O) groups excluding carboxylic acids is 1. The lowest BCUT2D eigenvalue weighted by Crippen LogP contribution is -2.26. The molecule has 2 heterocycles. The lowest BCUT2D eigenvalue weighted by Gasteiger charge is -2.09. The molecule has 106 valence electrons. The van der Waals surface area contributed by atoms with Crippen LogP contribution < -0.4 is 5.32 Å². The summed E-state index contributed by atoms with van der Waals surface area (Å²) in [5.41, 5.74) is 2.13. The highest BCUT2D eigenvalue weighted by Gasteiger charge is 2.15. The molecular weight excluding hydrogens is 266 g/mol. The summed E-state index contributed by atoms with van der Waals surface area (Å²) in [6, 6.07) is 14.9. The van der Waals surface area contributed by atoms with E-state index < -0.39 is 0 Å². The molecule has 0 fully saturated rings. The van der Waals surface area contributed by atoms with Crippen molar-refractivity contribution in [3.8, 4) is 11.3 Å². The van der Waals surface area contributed by atoms with Crippen molar-refractivity contribution in [3.05, 3.63) is 66.2 Å². The summed E-state index contributed by atoms with van der Waals surface area (Å²) in [7, 11) is 0. The van der Waals surface area contributed by atoms with E-state index in [-0.39, 0.29) is 11.9 Å². The number of benzene rings is 1. The van der Waals surface area contributed by atoms with Gasteiger partial charge >= 0.3 is 0 Å². The summed E-state index contributed by atoms with van der Waals surface area (Å²) in [6.45, 7) is 1.87. The molecule has 2 N–H and O–H groups in total. The minimum absolute atomic E-state index is 0.198. The first kappa shape index (κ1) is 13.2. The lowest BCUT2D eigenvalue weighted by atomic mass is 10.1. The molecule has 0 aliphatic carbocycles. The second kappa shape index (κ2) is 5.66. The van der Waals surface area contributed by atoms with Gasteiger partial charge in [0.2, 0.25) is 0 Å². The summed E-state index contributed by atoms with van der Waals surface area (Å²) >= 11 is 0. The van der Waals surface area contributed by atoms with Crippen molar-refractivity contribution in [3.63, 3.8) is 0 Å². The Bertz CT molecular complexity index is 717. The molecule has 1 aromatic carbocycles. The maximum absolute atomic E-state index is 12.2. The number of nitrogens with one attached hydrogen (secondary N) is 2. The van der Waals surface area contributed by atoms with Crippen LogP contribution in [0.3, 0.4) is 0 Å². The summed E-state index contributed by atoms with van der Waals surface area (Å²) in [4.78, 5) is 12.2. The second-order valence-electron chi connectivity index (χ2n) is 4.74. The molecule has 0 aliphatic rings. The van der Waals surface area contributed by atoms with E-state index in [1.807, 2.05) is 43.3 Å². The van der Waals surface area contributed by atoms with Crippen molar-refractivity contribution in [1.29, 1.82) is 0 Å². The number of rotatable bonds is 4. The Morgan fingerprint density at radius 3 is 2.76 bits per heavy atom. The van der Waals surface area contributed by atoms with E-state index >= 15 is 0 Å². The standard InChI is InChI=1S/C16H15N3O2/c1-11(15-8-5-9-21-15)17-16(20)14-10-13(18-19-14)12-6-3-2-4-7-12/h2-11H,1H3,(H,17,20)(H,18,19)/t11-/m0/s1. The fourth-order valence-electron chi connectivity index (χ4n) is 2.08. The Balaban J connectivity index is 1.73. The van der Waals surface area contributed by atoms with E-state index in [1.54, 1.807) is 18.4 Å². The van der Waals surface area contributed by atoms with Crippen molar-refractivity contribution in [1.82, 2.24) is 15.5 Å². The Morgan fingerprint density at radius 2 is 2.05 bits per heavy atom. The summed E-state index contributed by atoms with van der Waals surface area (Å²) in [5.74, 6) is 0.500. The third-order valence-corrected chi connectivity index (χ3v) is 3.21. The molecule has 0 radical (unpaired) electrons. The van der Waals surface area contributed by atoms with Gasteiger partial charge in [0.05, 0.1) is 18.0 Å². The molecule has 3 aromatic rings. The first-order valence-electron chi connectivity index (χ1n) is 6.69. The Kier molecular flexibility index (Phi) is 3.55. The number of hydrogen-bond donors (Lipinski definition) is 2. The number of hydrogen-bond acceptors (Lipinski definition) is 3. The third-order valence-electron chi connectivity index (χ3n) is 3.21. The van der Waals surface area contributed by atoms with Gasteiger partial charge in [-0.3, -0.25) is 9.89 Å². The largest absolute Gasteiger partial charge is 0.467 e. The normalized spacial score (nSPS) is 12.0. The molecule has 0 spiro atoms. The van der Waals surface area contributed by atoms with Gasteiger partial charge in [0.1, 0.15) is 11.5 Å². The molecule has 0 saturated heterocycles. The van der Waals surface area contributed by atoms with Crippen LogP contribution in [0.2, 0.25) is 0 Å². The van der Waals surface area contributed by atoms with Crippen LogP contribution in [0.5, 0.6) is 0 Å². The highest BCUT2D eigenvalue weighted by atomic mass is 16.3. The van der Waals surface area contributed by atoms with Crippen LogP contribution in [0.15, 0.2) is 59.2 Å². The van der Waals surface area contributed by atoms with Crippen LogP contribution in [0.25, 0.3) is 11.3 Å². The van der Waals surface area contributed by atoms with Crippen LogP contribution in [0.1, 0.15) is 29.2 Å². The number of furan rings is 1. The maximum atomic E-state index is 12.2. The zero-order chi connectivity index (χ0) is 14.7. The second-order valence-corrected chi connectivity index (χ2v) is 4.74. The molecule has 21 heavy (non-hydrogen) atoms. The van der Waals surface area contributed by atoms with Gasteiger partial charge in [0.25, 0.3) is 5.91 Å². The van der Waals surface area contributed by atoms with E-state index in [0.29, 0.717) is 11.5 Å². The number of H-pyrrole nitrogens is 1. The Morgan fingerprint density at radius 1 is 1.24 bits per heavy atom. The monoisotopic (exact) mass is 281 g/mol. The topological polar surface area (TPSA) is 70.9 Å². The zero-order valence-corrected chi connectivity index (χ0v) is 11.5. The number of aromatic nitrogens is 2. The van der Waals surface area contributed by atoms with Gasteiger partial charge in [-0.1, -0.05) is 30.3 Å². The van der Waals surface area contributed by atoms with Gasteiger partial charge in [-0.25, -0.2) is 0 Å². The van der Waals surface area contributed by atoms with E-state index in [0.717, 1.165) is 11.3 Å². The number of nitrogens with zero attached hydrogens (tertiary/aromatic N) is 1. The lowest BCUT2D eigenvalue weighted by molar-refractivity contribution is 0.0930. The minimum Gasteiger partial charge on any atom is -0.467 e. The fraction of sp³-hybridized carbons (Fsp3) is 0.125. The van der Waals surface area contributed by atoms with Crippen molar-refractivity contribution >= 4 is 5.91 Å². The van der Waals surface area contributed by atoms with Crippen LogP contribution in [-0.4, -0.2) is 16.1 Å². The summed E-state index contributed by atoms with van der Waals surface area (Å²) < 4.78 is 5.27. The van der Waals surface area contributed by atoms with E-state index in [1.165, 1.54) is 0 Å². The average Bonchev–Trinajstić information content (AvgIpc) is 3.20. The van der Waals surface area contributed by atoms with Gasteiger partial charge in [-0.2, -0.15) is 5.10 Å². The average molecular weight is 281 g/mol. The first-order chi connectivity index (χ1) is 10.2. The number of carbonyl (C=O) groups is 1.